The summed E-state index contributed by atoms with van der Waals surface area (Å²) in [7, 11) is 0. The van der Waals surface area contributed by atoms with Gasteiger partial charge in [-0.25, -0.2) is 0 Å². The molecule has 2 aliphatic heterocycles. The highest BCUT2D eigenvalue weighted by molar-refractivity contribution is 8.00. The normalized spacial score (nSPS) is 18.1. The van der Waals surface area contributed by atoms with E-state index in [4.69, 9.17) is 22.7 Å². The van der Waals surface area contributed by atoms with Gasteiger partial charge in [0.15, 0.2) is 0 Å². The number of hydrogen-bond donors (Lipinski definition) is 2. The number of nitrogen functional groups attached to an aromatic ring is 1. The minimum atomic E-state index is -0.672. The summed E-state index contributed by atoms with van der Waals surface area (Å²) in [6.07, 6.45) is -0.305. The van der Waals surface area contributed by atoms with Crippen LogP contribution in [0.1, 0.15) is 27.8 Å². The molecule has 8 nitrogen and oxygen atoms in total. The number of β-lactam (4-membered cyclic amide) rings is 1. The third kappa shape index (κ3) is 5.61. The van der Waals surface area contributed by atoms with Gasteiger partial charge in [-0.05, 0) is 28.9 Å². The molecule has 0 saturated carbocycles. The van der Waals surface area contributed by atoms with Crippen LogP contribution in [-0.4, -0.2) is 49.1 Å². The van der Waals surface area contributed by atoms with Crippen LogP contribution in [0.25, 0.3) is 5.57 Å². The van der Waals surface area contributed by atoms with Crippen molar-refractivity contribution in [2.45, 2.75) is 23.9 Å². The quantitative estimate of drug-likeness (QED) is 0.223. The molecule has 1 aromatic heterocycles. The SMILES string of the molecule is Nc1nnc(C2=C(C(=S)OC(c3ccccc3)c3ccccc3)N3C(=O)[C@@H](NC(=O)Cc4ccccc4)[C@H]3SC2)s1. The van der Waals surface area contributed by atoms with Gasteiger partial charge in [0.05, 0.1) is 6.42 Å². The van der Waals surface area contributed by atoms with E-state index in [1.807, 2.05) is 91.0 Å². The van der Waals surface area contributed by atoms with E-state index in [0.717, 1.165) is 22.3 Å². The highest BCUT2D eigenvalue weighted by atomic mass is 32.2. The molecule has 0 spiro atoms. The van der Waals surface area contributed by atoms with Crippen LogP contribution < -0.4 is 11.1 Å². The van der Waals surface area contributed by atoms with Crippen molar-refractivity contribution in [3.8, 4) is 0 Å². The van der Waals surface area contributed by atoms with Crippen molar-refractivity contribution < 1.29 is 14.3 Å². The van der Waals surface area contributed by atoms with E-state index in [0.29, 0.717) is 21.6 Å². The summed E-state index contributed by atoms with van der Waals surface area (Å²) in [5.41, 5.74) is 9.83. The molecule has 3 N–H and O–H groups in total. The third-order valence-corrected chi connectivity index (χ3v) is 9.20. The zero-order valence-electron chi connectivity index (χ0n) is 21.7. The van der Waals surface area contributed by atoms with Crippen LogP contribution in [0.3, 0.4) is 0 Å². The molecule has 1 saturated heterocycles. The molecule has 0 radical (unpaired) electrons. The van der Waals surface area contributed by atoms with Crippen molar-refractivity contribution in [3.63, 3.8) is 0 Å². The molecule has 2 aliphatic rings. The molecular formula is C30H25N5O3S3. The number of hydrogen-bond acceptors (Lipinski definition) is 9. The lowest BCUT2D eigenvalue weighted by Crippen LogP contribution is -2.70. The Hall–Kier alpha value is -4.06. The first-order chi connectivity index (χ1) is 20.0. The number of rotatable bonds is 8. The first-order valence-electron chi connectivity index (χ1n) is 12.9. The van der Waals surface area contributed by atoms with Crippen molar-refractivity contribution in [3.05, 3.63) is 118 Å². The summed E-state index contributed by atoms with van der Waals surface area (Å²) >= 11 is 8.68. The Kier molecular flexibility index (Phi) is 7.82. The van der Waals surface area contributed by atoms with Crippen LogP contribution in [0, 0.1) is 0 Å². The minimum absolute atomic E-state index is 0.166. The number of ether oxygens (including phenoxy) is 1. The molecule has 41 heavy (non-hydrogen) atoms. The molecule has 6 rings (SSSR count). The molecule has 1 fully saturated rings. The average molecular weight is 600 g/mol. The lowest BCUT2D eigenvalue weighted by molar-refractivity contribution is -0.145. The van der Waals surface area contributed by atoms with Crippen LogP contribution >= 0.6 is 35.3 Å². The molecule has 0 aliphatic carbocycles. The van der Waals surface area contributed by atoms with E-state index in [-0.39, 0.29) is 28.7 Å². The predicted molar refractivity (Wildman–Crippen MR) is 165 cm³/mol. The van der Waals surface area contributed by atoms with Gasteiger partial charge in [-0.3, -0.25) is 14.5 Å². The number of nitrogens with one attached hydrogen (secondary N) is 1. The molecule has 3 aromatic carbocycles. The standard InChI is InChI=1S/C30H25N5O3S3/c31-30-34-33-26(41-30)21-17-40-28-23(32-22(36)16-18-10-4-1-5-11-18)27(37)35(28)24(21)29(39)38-25(19-12-6-2-7-13-19)20-14-8-3-9-15-20/h1-15,23,25,28H,16-17H2,(H2,31,34)(H,32,36)/t23-,28-/m1/s1. The van der Waals surface area contributed by atoms with Gasteiger partial charge in [0.2, 0.25) is 16.1 Å². The topological polar surface area (TPSA) is 110 Å². The maximum Gasteiger partial charge on any atom is 0.253 e. The van der Waals surface area contributed by atoms with Gasteiger partial charge >= 0.3 is 0 Å². The fraction of sp³-hybridized carbons (Fsp3) is 0.167. The summed E-state index contributed by atoms with van der Waals surface area (Å²) in [4.78, 5) is 28.0. The monoisotopic (exact) mass is 599 g/mol. The number of thiocarbonyl (C=S) groups is 1. The summed E-state index contributed by atoms with van der Waals surface area (Å²) < 4.78 is 6.53. The lowest BCUT2D eigenvalue weighted by atomic mass is 10.0. The van der Waals surface area contributed by atoms with Crippen LogP contribution in [0.5, 0.6) is 0 Å². The van der Waals surface area contributed by atoms with E-state index in [1.54, 1.807) is 4.90 Å². The van der Waals surface area contributed by atoms with Gasteiger partial charge in [0.25, 0.3) is 5.91 Å². The maximum absolute atomic E-state index is 13.6. The Labute approximate surface area is 250 Å². The summed E-state index contributed by atoms with van der Waals surface area (Å²) in [6.45, 7) is 0. The van der Waals surface area contributed by atoms with E-state index < -0.39 is 12.1 Å². The smallest absolute Gasteiger partial charge is 0.253 e. The molecule has 11 heteroatoms. The van der Waals surface area contributed by atoms with Crippen LogP contribution in [0.4, 0.5) is 5.13 Å². The van der Waals surface area contributed by atoms with Crippen molar-refractivity contribution in [1.82, 2.24) is 20.4 Å². The average Bonchev–Trinajstić information content (AvgIpc) is 3.45. The van der Waals surface area contributed by atoms with Crippen molar-refractivity contribution in [2.75, 3.05) is 11.5 Å². The lowest BCUT2D eigenvalue weighted by Gasteiger charge is -2.50. The molecule has 2 atom stereocenters. The largest absolute Gasteiger partial charge is 0.469 e. The van der Waals surface area contributed by atoms with E-state index in [9.17, 15) is 9.59 Å². The van der Waals surface area contributed by atoms with Gasteiger partial charge < -0.3 is 15.8 Å². The van der Waals surface area contributed by atoms with Gasteiger partial charge in [-0.2, -0.15) is 0 Å². The van der Waals surface area contributed by atoms with E-state index in [2.05, 4.69) is 15.5 Å². The zero-order valence-corrected chi connectivity index (χ0v) is 24.1. The van der Waals surface area contributed by atoms with Gasteiger partial charge in [-0.1, -0.05) is 102 Å². The number of aromatic nitrogens is 2. The Morgan fingerprint density at radius 2 is 1.61 bits per heavy atom. The minimum Gasteiger partial charge on any atom is -0.469 e. The van der Waals surface area contributed by atoms with E-state index in [1.165, 1.54) is 23.1 Å². The second-order valence-corrected chi connectivity index (χ2v) is 12.0. The first kappa shape index (κ1) is 27.1. The Bertz CT molecular complexity index is 1570. The van der Waals surface area contributed by atoms with Gasteiger partial charge in [-0.15, -0.1) is 22.0 Å². The Balaban J connectivity index is 1.30. The number of nitrogens with two attached hydrogens (primary N) is 1. The number of thioether (sulfide) groups is 1. The molecule has 0 bridgehead atoms. The number of carbonyl (C=O) groups is 2. The van der Waals surface area contributed by atoms with Crippen molar-refractivity contribution >= 4 is 62.9 Å². The molecule has 3 heterocycles. The highest BCUT2D eigenvalue weighted by Gasteiger charge is 2.54. The second-order valence-electron chi connectivity index (χ2n) is 9.50. The molecular weight excluding hydrogens is 575 g/mol. The number of amides is 2. The predicted octanol–water partition coefficient (Wildman–Crippen LogP) is 4.61. The fourth-order valence-electron chi connectivity index (χ4n) is 4.88. The number of anilines is 1. The second kappa shape index (κ2) is 11.8. The van der Waals surface area contributed by atoms with E-state index >= 15 is 0 Å². The number of benzene rings is 3. The zero-order chi connectivity index (χ0) is 28.3. The van der Waals surface area contributed by atoms with Gasteiger partial charge in [0.1, 0.15) is 28.2 Å². The first-order valence-corrected chi connectivity index (χ1v) is 15.2. The molecule has 4 aromatic rings. The summed E-state index contributed by atoms with van der Waals surface area (Å²) in [5.74, 6) is 0.0273. The third-order valence-electron chi connectivity index (χ3n) is 6.81. The Morgan fingerprint density at radius 3 is 2.20 bits per heavy atom. The number of nitrogens with zero attached hydrogens (tertiary/aromatic N) is 3. The molecule has 206 valence electrons. The Morgan fingerprint density at radius 1 is 1.00 bits per heavy atom. The van der Waals surface area contributed by atoms with Crippen LogP contribution in [-0.2, 0) is 20.7 Å². The number of fused-ring (bicyclic) bond motifs is 1. The summed E-state index contributed by atoms with van der Waals surface area (Å²) in [5, 5.41) is 11.9. The summed E-state index contributed by atoms with van der Waals surface area (Å²) in [6, 6.07) is 28.4. The van der Waals surface area contributed by atoms with Crippen molar-refractivity contribution in [1.29, 1.82) is 0 Å². The van der Waals surface area contributed by atoms with Crippen LogP contribution in [0.2, 0.25) is 0 Å². The maximum atomic E-state index is 13.6. The molecule has 2 amide bonds. The fourth-order valence-corrected chi connectivity index (χ4v) is 7.29. The van der Waals surface area contributed by atoms with Crippen molar-refractivity contribution in [2.24, 2.45) is 0 Å². The van der Waals surface area contributed by atoms with Gasteiger partial charge in [0, 0.05) is 11.3 Å². The number of carbonyl (C=O) groups excluding carboxylic acids is 2. The highest BCUT2D eigenvalue weighted by Crippen LogP contribution is 2.45. The molecule has 0 unspecified atom stereocenters. The van der Waals surface area contributed by atoms with Crippen LogP contribution in [0.15, 0.2) is 96.7 Å².